The highest BCUT2D eigenvalue weighted by Crippen LogP contribution is 2.26. The lowest BCUT2D eigenvalue weighted by Crippen LogP contribution is -2.40. The molecule has 1 aliphatic rings. The fourth-order valence-corrected chi connectivity index (χ4v) is 4.06. The summed E-state index contributed by atoms with van der Waals surface area (Å²) in [6.45, 7) is 4.11. The summed E-state index contributed by atoms with van der Waals surface area (Å²) in [7, 11) is 0. The second-order valence-corrected chi connectivity index (χ2v) is 8.17. The number of nitrogens with zero attached hydrogens (tertiary/aromatic N) is 4. The monoisotopic (exact) mass is 423 g/mol. The Morgan fingerprint density at radius 3 is 2.73 bits per heavy atom. The van der Waals surface area contributed by atoms with Gasteiger partial charge in [-0.3, -0.25) is 4.79 Å². The zero-order valence-electron chi connectivity index (χ0n) is 16.9. The minimum absolute atomic E-state index is 0.186. The molecule has 0 spiro atoms. The number of nitrogens with one attached hydrogen (secondary N) is 1. The van der Waals surface area contributed by atoms with Crippen LogP contribution >= 0.6 is 11.6 Å². The molecule has 2 heterocycles. The van der Waals surface area contributed by atoms with Crippen LogP contribution in [0, 0.1) is 0 Å². The normalized spacial score (nSPS) is 17.0. The Bertz CT molecular complexity index is 957. The smallest absolute Gasteiger partial charge is 0.273 e. The molecule has 0 unspecified atom stereocenters. The molecule has 30 heavy (non-hydrogen) atoms. The number of rotatable bonds is 7. The fraction of sp³-hybridized carbons (Fsp3) is 0.348. The van der Waals surface area contributed by atoms with Crippen LogP contribution in [0.15, 0.2) is 60.8 Å². The molecule has 6 nitrogen and oxygen atoms in total. The number of carbonyl (C=O) groups excluding carboxylic acids is 1. The van der Waals surface area contributed by atoms with E-state index in [0.717, 1.165) is 25.2 Å². The van der Waals surface area contributed by atoms with Crippen LogP contribution in [-0.2, 0) is 6.54 Å². The topological polar surface area (TPSA) is 63.1 Å². The van der Waals surface area contributed by atoms with Gasteiger partial charge in [-0.15, -0.1) is 5.10 Å². The number of amides is 1. The van der Waals surface area contributed by atoms with Crippen molar-refractivity contribution >= 4 is 17.5 Å². The van der Waals surface area contributed by atoms with Crippen molar-refractivity contribution in [2.24, 2.45) is 0 Å². The third-order valence-electron chi connectivity index (χ3n) is 5.52. The molecule has 3 aromatic rings. The molecule has 0 saturated carbocycles. The Balaban J connectivity index is 1.24. The van der Waals surface area contributed by atoms with E-state index in [1.54, 1.807) is 10.9 Å². The lowest BCUT2D eigenvalue weighted by molar-refractivity contribution is 0.0940. The minimum atomic E-state index is -0.186. The average molecular weight is 424 g/mol. The van der Waals surface area contributed by atoms with Gasteiger partial charge in [0, 0.05) is 24.7 Å². The molecule has 0 bridgehead atoms. The van der Waals surface area contributed by atoms with Crippen LogP contribution < -0.4 is 5.32 Å². The Morgan fingerprint density at radius 1 is 1.13 bits per heavy atom. The van der Waals surface area contributed by atoms with E-state index >= 15 is 0 Å². The molecule has 1 aromatic heterocycles. The number of halogens is 1. The van der Waals surface area contributed by atoms with Crippen molar-refractivity contribution in [3.63, 3.8) is 0 Å². The van der Waals surface area contributed by atoms with Gasteiger partial charge in [-0.05, 0) is 48.6 Å². The van der Waals surface area contributed by atoms with Gasteiger partial charge < -0.3 is 10.2 Å². The van der Waals surface area contributed by atoms with Gasteiger partial charge >= 0.3 is 0 Å². The van der Waals surface area contributed by atoms with E-state index in [4.69, 9.17) is 11.6 Å². The van der Waals surface area contributed by atoms with Crippen molar-refractivity contribution in [3.8, 4) is 0 Å². The molecule has 2 aromatic carbocycles. The highest BCUT2D eigenvalue weighted by Gasteiger charge is 2.21. The van der Waals surface area contributed by atoms with Crippen molar-refractivity contribution in [1.29, 1.82) is 0 Å². The van der Waals surface area contributed by atoms with Crippen LogP contribution in [0.2, 0.25) is 5.02 Å². The average Bonchev–Trinajstić information content (AvgIpc) is 3.25. The Morgan fingerprint density at radius 2 is 1.93 bits per heavy atom. The van der Waals surface area contributed by atoms with Gasteiger partial charge in [-0.1, -0.05) is 59.3 Å². The standard InChI is InChI=1S/C23H26ClN5O/c24-21-10-8-18(9-11-21)15-29-17-22(26-27-29)23(30)25-12-14-28-13-4-7-20(16-28)19-5-2-1-3-6-19/h1-3,5-6,8-11,17,20H,4,7,12-16H2,(H,25,30)/t20-/m0/s1. The first-order valence-electron chi connectivity index (χ1n) is 10.4. The van der Waals surface area contributed by atoms with Gasteiger partial charge in [0.15, 0.2) is 5.69 Å². The van der Waals surface area contributed by atoms with Gasteiger partial charge in [-0.2, -0.15) is 0 Å². The van der Waals surface area contributed by atoms with Gasteiger partial charge in [-0.25, -0.2) is 4.68 Å². The van der Waals surface area contributed by atoms with Crippen molar-refractivity contribution < 1.29 is 4.79 Å². The number of likely N-dealkylation sites (tertiary alicyclic amines) is 1. The first kappa shape index (κ1) is 20.6. The lowest BCUT2D eigenvalue weighted by Gasteiger charge is -2.33. The first-order chi connectivity index (χ1) is 14.7. The number of hydrogen-bond donors (Lipinski definition) is 1. The summed E-state index contributed by atoms with van der Waals surface area (Å²) in [5.74, 6) is 0.386. The van der Waals surface area contributed by atoms with Crippen LogP contribution in [0.5, 0.6) is 0 Å². The molecular weight excluding hydrogens is 398 g/mol. The second-order valence-electron chi connectivity index (χ2n) is 7.73. The first-order valence-corrected chi connectivity index (χ1v) is 10.8. The Kier molecular flexibility index (Phi) is 6.77. The second kappa shape index (κ2) is 9.87. The van der Waals surface area contributed by atoms with Crippen LogP contribution in [0.3, 0.4) is 0 Å². The molecule has 7 heteroatoms. The van der Waals surface area contributed by atoms with Crippen molar-refractivity contribution in [3.05, 3.63) is 82.6 Å². The van der Waals surface area contributed by atoms with Crippen molar-refractivity contribution in [1.82, 2.24) is 25.2 Å². The number of piperidine rings is 1. The molecule has 1 aliphatic heterocycles. The van der Waals surface area contributed by atoms with Gasteiger partial charge in [0.1, 0.15) is 0 Å². The molecule has 0 aliphatic carbocycles. The molecule has 1 amide bonds. The van der Waals surface area contributed by atoms with Crippen LogP contribution in [0.4, 0.5) is 0 Å². The van der Waals surface area contributed by atoms with E-state index in [1.807, 2.05) is 24.3 Å². The SMILES string of the molecule is O=C(NCCN1CCC[C@H](c2ccccc2)C1)c1cn(Cc2ccc(Cl)cc2)nn1. The molecule has 4 rings (SSSR count). The van der Waals surface area contributed by atoms with E-state index in [2.05, 4.69) is 50.9 Å². The molecule has 1 N–H and O–H groups in total. The number of carbonyl (C=O) groups is 1. The molecule has 0 radical (unpaired) electrons. The summed E-state index contributed by atoms with van der Waals surface area (Å²) in [5.41, 5.74) is 2.79. The predicted molar refractivity (Wildman–Crippen MR) is 118 cm³/mol. The maximum atomic E-state index is 12.4. The van der Waals surface area contributed by atoms with E-state index < -0.39 is 0 Å². The minimum Gasteiger partial charge on any atom is -0.349 e. The zero-order chi connectivity index (χ0) is 20.8. The summed E-state index contributed by atoms with van der Waals surface area (Å²) >= 11 is 5.91. The predicted octanol–water partition coefficient (Wildman–Crippen LogP) is 3.59. The number of hydrogen-bond acceptors (Lipinski definition) is 4. The molecule has 1 fully saturated rings. The quantitative estimate of drug-likeness (QED) is 0.630. The molecule has 1 saturated heterocycles. The Labute approximate surface area is 181 Å². The fourth-order valence-electron chi connectivity index (χ4n) is 3.93. The van der Waals surface area contributed by atoms with E-state index in [-0.39, 0.29) is 5.91 Å². The Hall–Kier alpha value is -2.70. The van der Waals surface area contributed by atoms with Crippen LogP contribution in [0.25, 0.3) is 0 Å². The van der Waals surface area contributed by atoms with Crippen LogP contribution in [-0.4, -0.2) is 52.0 Å². The highest BCUT2D eigenvalue weighted by molar-refractivity contribution is 6.30. The van der Waals surface area contributed by atoms with Gasteiger partial charge in [0.25, 0.3) is 5.91 Å². The number of aromatic nitrogens is 3. The summed E-state index contributed by atoms with van der Waals surface area (Å²) in [6.07, 6.45) is 4.09. The van der Waals surface area contributed by atoms with Crippen molar-refractivity contribution in [2.75, 3.05) is 26.2 Å². The van der Waals surface area contributed by atoms with Crippen LogP contribution in [0.1, 0.15) is 40.4 Å². The number of benzene rings is 2. The summed E-state index contributed by atoms with van der Waals surface area (Å²) in [4.78, 5) is 14.8. The maximum Gasteiger partial charge on any atom is 0.273 e. The summed E-state index contributed by atoms with van der Waals surface area (Å²) in [5, 5.41) is 11.7. The third kappa shape index (κ3) is 5.46. The zero-order valence-corrected chi connectivity index (χ0v) is 17.6. The van der Waals surface area contributed by atoms with Crippen molar-refractivity contribution in [2.45, 2.75) is 25.3 Å². The summed E-state index contributed by atoms with van der Waals surface area (Å²) in [6, 6.07) is 18.2. The third-order valence-corrected chi connectivity index (χ3v) is 5.77. The van der Waals surface area contributed by atoms with E-state index in [0.29, 0.717) is 29.7 Å². The highest BCUT2D eigenvalue weighted by atomic mass is 35.5. The van der Waals surface area contributed by atoms with E-state index in [1.165, 1.54) is 18.4 Å². The molecule has 156 valence electrons. The molecular formula is C23H26ClN5O. The molecule has 1 atom stereocenters. The van der Waals surface area contributed by atoms with Gasteiger partial charge in [0.2, 0.25) is 0 Å². The summed E-state index contributed by atoms with van der Waals surface area (Å²) < 4.78 is 1.66. The largest absolute Gasteiger partial charge is 0.349 e. The maximum absolute atomic E-state index is 12.4. The van der Waals surface area contributed by atoms with Gasteiger partial charge in [0.05, 0.1) is 12.7 Å². The lowest BCUT2D eigenvalue weighted by atomic mass is 9.91. The van der Waals surface area contributed by atoms with E-state index in [9.17, 15) is 4.79 Å².